The van der Waals surface area contributed by atoms with E-state index in [9.17, 15) is 4.79 Å². The zero-order valence-electron chi connectivity index (χ0n) is 12.9. The van der Waals surface area contributed by atoms with E-state index in [1.807, 2.05) is 30.5 Å². The molecule has 5 nitrogen and oxygen atoms in total. The molecule has 2 heterocycles. The van der Waals surface area contributed by atoms with Crippen LogP contribution in [0.4, 0.5) is 5.82 Å². The largest absolute Gasteiger partial charge is 0.497 e. The Balaban J connectivity index is 2.05. The molecule has 1 aliphatic heterocycles. The number of nitrogens with zero attached hydrogens (tertiary/aromatic N) is 2. The van der Waals surface area contributed by atoms with Gasteiger partial charge in [-0.25, -0.2) is 4.68 Å². The Kier molecular flexibility index (Phi) is 4.11. The predicted octanol–water partition coefficient (Wildman–Crippen LogP) is 3.26. The van der Waals surface area contributed by atoms with E-state index in [0.717, 1.165) is 22.8 Å². The van der Waals surface area contributed by atoms with Gasteiger partial charge < -0.3 is 10.1 Å². The summed E-state index contributed by atoms with van der Waals surface area (Å²) in [5.74, 6) is 2.50. The number of methoxy groups -OCH3 is 1. The molecule has 0 saturated carbocycles. The molecule has 2 aromatic rings. The third-order valence-electron chi connectivity index (χ3n) is 3.68. The first-order valence-corrected chi connectivity index (χ1v) is 8.29. The Morgan fingerprint density at radius 2 is 2.09 bits per heavy atom. The highest BCUT2D eigenvalue weighted by Crippen LogP contribution is 2.42. The zero-order valence-corrected chi connectivity index (χ0v) is 13.7. The van der Waals surface area contributed by atoms with E-state index < -0.39 is 0 Å². The van der Waals surface area contributed by atoms with E-state index in [4.69, 9.17) is 4.74 Å². The quantitative estimate of drug-likeness (QED) is 0.944. The van der Waals surface area contributed by atoms with E-state index in [0.29, 0.717) is 11.7 Å². The molecule has 22 heavy (non-hydrogen) atoms. The lowest BCUT2D eigenvalue weighted by molar-refractivity contribution is -0.113. The highest BCUT2D eigenvalue weighted by Gasteiger charge is 2.28. The average Bonchev–Trinajstić information content (AvgIpc) is 2.83. The molecule has 1 aromatic heterocycles. The summed E-state index contributed by atoms with van der Waals surface area (Å²) in [6.07, 6.45) is 1.86. The van der Waals surface area contributed by atoms with Crippen LogP contribution < -0.4 is 10.1 Å². The first-order valence-electron chi connectivity index (χ1n) is 7.24. The normalized spacial score (nSPS) is 17.8. The summed E-state index contributed by atoms with van der Waals surface area (Å²) in [5, 5.41) is 7.74. The summed E-state index contributed by atoms with van der Waals surface area (Å²) in [6.45, 7) is 4.34. The van der Waals surface area contributed by atoms with E-state index in [-0.39, 0.29) is 11.2 Å². The number of fused-ring (bicyclic) bond motifs is 1. The summed E-state index contributed by atoms with van der Waals surface area (Å²) in [5.41, 5.74) is 1.98. The zero-order chi connectivity index (χ0) is 15.7. The van der Waals surface area contributed by atoms with Crippen molar-refractivity contribution >= 4 is 23.5 Å². The number of hydrogen-bond donors (Lipinski definition) is 1. The van der Waals surface area contributed by atoms with Crippen LogP contribution in [0.25, 0.3) is 5.69 Å². The molecular formula is C16H19N3O2S. The number of nitrogens with one attached hydrogen (secondary N) is 1. The first kappa shape index (κ1) is 15.0. The minimum atomic E-state index is 0.0182. The number of carbonyl (C=O) groups excluding carboxylic acids is 1. The summed E-state index contributed by atoms with van der Waals surface area (Å²) in [7, 11) is 1.64. The molecule has 1 aromatic carbocycles. The molecule has 0 saturated heterocycles. The average molecular weight is 317 g/mol. The van der Waals surface area contributed by atoms with Crippen LogP contribution in [0.1, 0.15) is 24.7 Å². The van der Waals surface area contributed by atoms with Crippen molar-refractivity contribution in [1.82, 2.24) is 9.78 Å². The lowest BCUT2D eigenvalue weighted by Crippen LogP contribution is -2.15. The number of carbonyl (C=O) groups is 1. The fourth-order valence-corrected chi connectivity index (χ4v) is 3.73. The molecule has 116 valence electrons. The highest BCUT2D eigenvalue weighted by atomic mass is 32.2. The Bertz CT molecular complexity index is 679. The van der Waals surface area contributed by atoms with Gasteiger partial charge in [0.1, 0.15) is 11.6 Å². The van der Waals surface area contributed by atoms with Gasteiger partial charge in [-0.2, -0.15) is 5.10 Å². The number of amides is 1. The molecule has 0 fully saturated rings. The molecule has 1 atom stereocenters. The molecule has 1 N–H and O–H groups in total. The van der Waals surface area contributed by atoms with Gasteiger partial charge in [0.2, 0.25) is 5.91 Å². The van der Waals surface area contributed by atoms with Gasteiger partial charge in [-0.15, -0.1) is 11.8 Å². The molecule has 0 radical (unpaired) electrons. The van der Waals surface area contributed by atoms with Crippen molar-refractivity contribution in [3.63, 3.8) is 0 Å². The van der Waals surface area contributed by atoms with Crippen molar-refractivity contribution < 1.29 is 9.53 Å². The highest BCUT2D eigenvalue weighted by molar-refractivity contribution is 8.00. The van der Waals surface area contributed by atoms with Crippen LogP contribution >= 0.6 is 11.8 Å². The topological polar surface area (TPSA) is 56.1 Å². The maximum Gasteiger partial charge on any atom is 0.235 e. The van der Waals surface area contributed by atoms with Crippen molar-refractivity contribution in [2.24, 2.45) is 5.92 Å². The van der Waals surface area contributed by atoms with E-state index in [2.05, 4.69) is 24.3 Å². The number of benzene rings is 1. The SMILES string of the molecule is COc1ccc(-n2ncc3c2NC(=O)CS[C@@H]3C(C)C)cc1. The Hall–Kier alpha value is -1.95. The number of anilines is 1. The summed E-state index contributed by atoms with van der Waals surface area (Å²) >= 11 is 1.67. The van der Waals surface area contributed by atoms with Gasteiger partial charge in [-0.05, 0) is 30.2 Å². The van der Waals surface area contributed by atoms with Crippen molar-refractivity contribution in [1.29, 1.82) is 0 Å². The van der Waals surface area contributed by atoms with Gasteiger partial charge in [0.05, 0.1) is 24.7 Å². The van der Waals surface area contributed by atoms with Gasteiger partial charge in [-0.1, -0.05) is 13.8 Å². The van der Waals surface area contributed by atoms with Crippen molar-refractivity contribution in [2.45, 2.75) is 19.1 Å². The fraction of sp³-hybridized carbons (Fsp3) is 0.375. The fourth-order valence-electron chi connectivity index (χ4n) is 2.59. The maximum absolute atomic E-state index is 12.0. The Labute approximate surface area is 134 Å². The van der Waals surface area contributed by atoms with E-state index >= 15 is 0 Å². The first-order chi connectivity index (χ1) is 10.6. The number of rotatable bonds is 3. The standard InChI is InChI=1S/C16H19N3O2S/c1-10(2)15-13-8-17-19(16(13)18-14(20)9-22-15)11-4-6-12(21-3)7-5-11/h4-8,10,15H,9H2,1-3H3,(H,18,20)/t15-/m1/s1. The Morgan fingerprint density at radius 3 is 2.73 bits per heavy atom. The summed E-state index contributed by atoms with van der Waals surface area (Å²) < 4.78 is 6.97. The molecule has 0 spiro atoms. The van der Waals surface area contributed by atoms with Gasteiger partial charge in [0.15, 0.2) is 0 Å². The summed E-state index contributed by atoms with van der Waals surface area (Å²) in [4.78, 5) is 12.0. The van der Waals surface area contributed by atoms with Crippen LogP contribution in [0.3, 0.4) is 0 Å². The van der Waals surface area contributed by atoms with Crippen LogP contribution in [-0.4, -0.2) is 28.6 Å². The summed E-state index contributed by atoms with van der Waals surface area (Å²) in [6, 6.07) is 7.63. The third kappa shape index (κ3) is 2.70. The number of aromatic nitrogens is 2. The van der Waals surface area contributed by atoms with Crippen LogP contribution in [-0.2, 0) is 4.79 Å². The lowest BCUT2D eigenvalue weighted by Gasteiger charge is -2.17. The van der Waals surface area contributed by atoms with Crippen LogP contribution in [0, 0.1) is 5.92 Å². The minimum absolute atomic E-state index is 0.0182. The molecule has 1 amide bonds. The molecular weight excluding hydrogens is 298 g/mol. The van der Waals surface area contributed by atoms with E-state index in [1.165, 1.54) is 0 Å². The Morgan fingerprint density at radius 1 is 1.36 bits per heavy atom. The minimum Gasteiger partial charge on any atom is -0.497 e. The molecule has 3 rings (SSSR count). The van der Waals surface area contributed by atoms with E-state index in [1.54, 1.807) is 23.6 Å². The monoisotopic (exact) mass is 317 g/mol. The van der Waals surface area contributed by atoms with Gasteiger partial charge in [0, 0.05) is 10.8 Å². The van der Waals surface area contributed by atoms with Crippen LogP contribution in [0.2, 0.25) is 0 Å². The molecule has 1 aliphatic rings. The lowest BCUT2D eigenvalue weighted by atomic mass is 10.0. The molecule has 0 bridgehead atoms. The maximum atomic E-state index is 12.0. The molecule has 0 aliphatic carbocycles. The third-order valence-corrected chi connectivity index (χ3v) is 5.26. The number of ether oxygens (including phenoxy) is 1. The van der Waals surface area contributed by atoms with Gasteiger partial charge >= 0.3 is 0 Å². The molecule has 0 unspecified atom stereocenters. The number of hydrogen-bond acceptors (Lipinski definition) is 4. The predicted molar refractivity (Wildman–Crippen MR) is 88.8 cm³/mol. The van der Waals surface area contributed by atoms with Gasteiger partial charge in [-0.3, -0.25) is 4.79 Å². The second-order valence-electron chi connectivity index (χ2n) is 5.58. The van der Waals surface area contributed by atoms with Crippen molar-refractivity contribution in [2.75, 3.05) is 18.2 Å². The van der Waals surface area contributed by atoms with Crippen molar-refractivity contribution in [3.8, 4) is 11.4 Å². The van der Waals surface area contributed by atoms with Crippen LogP contribution in [0.5, 0.6) is 5.75 Å². The van der Waals surface area contributed by atoms with Gasteiger partial charge in [0.25, 0.3) is 0 Å². The molecule has 6 heteroatoms. The van der Waals surface area contributed by atoms with Crippen molar-refractivity contribution in [3.05, 3.63) is 36.0 Å². The smallest absolute Gasteiger partial charge is 0.235 e. The second kappa shape index (κ2) is 6.04. The number of thioether (sulfide) groups is 1. The van der Waals surface area contributed by atoms with Crippen LogP contribution in [0.15, 0.2) is 30.5 Å². The second-order valence-corrected chi connectivity index (χ2v) is 6.71.